The number of ether oxygens (including phenoxy) is 2. The Balaban J connectivity index is 1.84. The molecule has 0 aliphatic carbocycles. The number of benzene rings is 2. The van der Waals surface area contributed by atoms with Crippen LogP contribution in [0.3, 0.4) is 0 Å². The second-order valence-corrected chi connectivity index (χ2v) is 6.16. The average Bonchev–Trinajstić information content (AvgIpc) is 2.63. The van der Waals surface area contributed by atoms with Crippen LogP contribution < -0.4 is 14.8 Å². The number of hydrogen-bond acceptors (Lipinski definition) is 6. The van der Waals surface area contributed by atoms with Gasteiger partial charge in [-0.3, -0.25) is 19.8 Å². The van der Waals surface area contributed by atoms with Gasteiger partial charge in [-0.25, -0.2) is 0 Å². The van der Waals surface area contributed by atoms with Crippen LogP contribution in [0.4, 0.5) is 11.4 Å². The number of anilines is 1. The third-order valence-electron chi connectivity index (χ3n) is 3.64. The average molecular weight is 394 g/mol. The van der Waals surface area contributed by atoms with E-state index >= 15 is 0 Å². The van der Waals surface area contributed by atoms with Crippen molar-refractivity contribution >= 4 is 28.9 Å². The van der Waals surface area contributed by atoms with E-state index < -0.39 is 4.92 Å². The standard InChI is InChI=1S/C18H20ClN3O5/c1-21(9-10-27-14-5-3-13(19)4-6-14)12-18(23)20-16-8-7-15(26-2)11-17(16)22(24)25/h3-8,11H,9-10,12H2,1-2H3,(H,20,23). The molecule has 144 valence electrons. The second-order valence-electron chi connectivity index (χ2n) is 5.73. The van der Waals surface area contributed by atoms with E-state index in [4.69, 9.17) is 21.1 Å². The van der Waals surface area contributed by atoms with Crippen molar-refractivity contribution in [2.24, 2.45) is 0 Å². The van der Waals surface area contributed by atoms with Gasteiger partial charge >= 0.3 is 0 Å². The highest BCUT2D eigenvalue weighted by Gasteiger charge is 2.17. The SMILES string of the molecule is COc1ccc(NC(=O)CN(C)CCOc2ccc(Cl)cc2)c([N+](=O)[O-])c1. The summed E-state index contributed by atoms with van der Waals surface area (Å²) in [7, 11) is 3.17. The van der Waals surface area contributed by atoms with Gasteiger partial charge in [0, 0.05) is 11.6 Å². The van der Waals surface area contributed by atoms with Crippen LogP contribution in [0.25, 0.3) is 0 Å². The molecule has 2 rings (SSSR count). The summed E-state index contributed by atoms with van der Waals surface area (Å²) in [5.41, 5.74) is -0.104. The molecule has 8 nitrogen and oxygen atoms in total. The number of carbonyl (C=O) groups excluding carboxylic acids is 1. The number of nitrogens with zero attached hydrogens (tertiary/aromatic N) is 2. The topological polar surface area (TPSA) is 93.9 Å². The summed E-state index contributed by atoms with van der Waals surface area (Å²) >= 11 is 5.81. The summed E-state index contributed by atoms with van der Waals surface area (Å²) in [6, 6.07) is 11.2. The first-order valence-corrected chi connectivity index (χ1v) is 8.46. The normalized spacial score (nSPS) is 10.5. The Labute approximate surface area is 161 Å². The van der Waals surface area contributed by atoms with Crippen LogP contribution in [0.5, 0.6) is 11.5 Å². The Morgan fingerprint density at radius 3 is 2.52 bits per heavy atom. The van der Waals surface area contributed by atoms with Crippen molar-refractivity contribution in [3.8, 4) is 11.5 Å². The fourth-order valence-corrected chi connectivity index (χ4v) is 2.39. The first-order chi connectivity index (χ1) is 12.9. The highest BCUT2D eigenvalue weighted by Crippen LogP contribution is 2.28. The van der Waals surface area contributed by atoms with E-state index in [1.807, 2.05) is 0 Å². The van der Waals surface area contributed by atoms with Gasteiger partial charge in [0.25, 0.3) is 5.69 Å². The molecular formula is C18H20ClN3O5. The monoisotopic (exact) mass is 393 g/mol. The van der Waals surface area contributed by atoms with Crippen LogP contribution in [0.15, 0.2) is 42.5 Å². The maximum absolute atomic E-state index is 12.2. The molecular weight excluding hydrogens is 374 g/mol. The summed E-state index contributed by atoms with van der Waals surface area (Å²) < 4.78 is 10.5. The highest BCUT2D eigenvalue weighted by molar-refractivity contribution is 6.30. The summed E-state index contributed by atoms with van der Waals surface area (Å²) in [5.74, 6) is 0.666. The Hall–Kier alpha value is -2.84. The van der Waals surface area contributed by atoms with E-state index in [0.717, 1.165) is 0 Å². The molecule has 9 heteroatoms. The number of nitrogens with one attached hydrogen (secondary N) is 1. The van der Waals surface area contributed by atoms with E-state index in [2.05, 4.69) is 5.32 Å². The number of halogens is 1. The fraction of sp³-hybridized carbons (Fsp3) is 0.278. The minimum Gasteiger partial charge on any atom is -0.496 e. The molecule has 1 amide bonds. The van der Waals surface area contributed by atoms with E-state index in [1.54, 1.807) is 42.3 Å². The minimum absolute atomic E-state index is 0.0627. The quantitative estimate of drug-likeness (QED) is 0.519. The summed E-state index contributed by atoms with van der Waals surface area (Å²) in [5, 5.41) is 14.3. The van der Waals surface area contributed by atoms with E-state index in [-0.39, 0.29) is 23.8 Å². The molecule has 1 N–H and O–H groups in total. The third-order valence-corrected chi connectivity index (χ3v) is 3.90. The minimum atomic E-state index is -0.568. The molecule has 0 fully saturated rings. The zero-order valence-corrected chi connectivity index (χ0v) is 15.7. The molecule has 0 heterocycles. The van der Waals surface area contributed by atoms with Gasteiger partial charge in [-0.2, -0.15) is 0 Å². The van der Waals surface area contributed by atoms with Crippen LogP contribution in [0, 0.1) is 10.1 Å². The Kier molecular flexibility index (Phi) is 7.39. The number of hydrogen-bond donors (Lipinski definition) is 1. The first kappa shape index (κ1) is 20.5. The molecule has 0 aromatic heterocycles. The van der Waals surface area contributed by atoms with Gasteiger partial charge in [-0.15, -0.1) is 0 Å². The molecule has 0 saturated carbocycles. The van der Waals surface area contributed by atoms with Crippen molar-refractivity contribution in [3.63, 3.8) is 0 Å². The first-order valence-electron chi connectivity index (χ1n) is 8.08. The van der Waals surface area contributed by atoms with Crippen molar-refractivity contribution in [1.82, 2.24) is 4.90 Å². The lowest BCUT2D eigenvalue weighted by Gasteiger charge is -2.16. The molecule has 0 atom stereocenters. The predicted molar refractivity (Wildman–Crippen MR) is 103 cm³/mol. The van der Waals surface area contributed by atoms with Gasteiger partial charge in [0.05, 0.1) is 24.6 Å². The molecule has 0 aliphatic rings. The maximum Gasteiger partial charge on any atom is 0.296 e. The Morgan fingerprint density at radius 2 is 1.89 bits per heavy atom. The number of rotatable bonds is 9. The smallest absolute Gasteiger partial charge is 0.296 e. The lowest BCUT2D eigenvalue weighted by Crippen LogP contribution is -2.33. The molecule has 0 unspecified atom stereocenters. The molecule has 2 aromatic rings. The molecule has 2 aromatic carbocycles. The lowest BCUT2D eigenvalue weighted by atomic mass is 10.2. The van der Waals surface area contributed by atoms with E-state index in [9.17, 15) is 14.9 Å². The van der Waals surface area contributed by atoms with Crippen LogP contribution in [0.1, 0.15) is 0 Å². The summed E-state index contributed by atoms with van der Waals surface area (Å²) in [6.07, 6.45) is 0. The Bertz CT molecular complexity index is 798. The Morgan fingerprint density at radius 1 is 1.22 bits per heavy atom. The van der Waals surface area contributed by atoms with Gasteiger partial charge in [0.15, 0.2) is 0 Å². The zero-order chi connectivity index (χ0) is 19.8. The largest absolute Gasteiger partial charge is 0.496 e. The van der Waals surface area contributed by atoms with Gasteiger partial charge in [-0.1, -0.05) is 11.6 Å². The number of carbonyl (C=O) groups is 1. The van der Waals surface area contributed by atoms with Crippen molar-refractivity contribution in [1.29, 1.82) is 0 Å². The zero-order valence-electron chi connectivity index (χ0n) is 15.0. The van der Waals surface area contributed by atoms with Crippen molar-refractivity contribution < 1.29 is 19.2 Å². The van der Waals surface area contributed by atoms with Crippen LogP contribution in [-0.4, -0.2) is 49.6 Å². The predicted octanol–water partition coefficient (Wildman–Crippen LogP) is 3.21. The van der Waals surface area contributed by atoms with Gasteiger partial charge < -0.3 is 14.8 Å². The summed E-state index contributed by atoms with van der Waals surface area (Å²) in [4.78, 5) is 24.5. The molecule has 0 saturated heterocycles. The number of likely N-dealkylation sites (N-methyl/N-ethyl adjacent to an activating group) is 1. The molecule has 0 spiro atoms. The number of nitro benzene ring substituents is 1. The second kappa shape index (κ2) is 9.75. The van der Waals surface area contributed by atoms with Gasteiger partial charge in [0.2, 0.25) is 5.91 Å². The lowest BCUT2D eigenvalue weighted by molar-refractivity contribution is -0.384. The highest BCUT2D eigenvalue weighted by atomic mass is 35.5. The fourth-order valence-electron chi connectivity index (χ4n) is 2.26. The summed E-state index contributed by atoms with van der Waals surface area (Å²) in [6.45, 7) is 0.946. The number of methoxy groups -OCH3 is 1. The van der Waals surface area contributed by atoms with E-state index in [1.165, 1.54) is 19.2 Å². The maximum atomic E-state index is 12.2. The molecule has 0 bridgehead atoms. The van der Waals surface area contributed by atoms with Gasteiger partial charge in [-0.05, 0) is 43.4 Å². The van der Waals surface area contributed by atoms with Crippen LogP contribution >= 0.6 is 11.6 Å². The van der Waals surface area contributed by atoms with Crippen molar-refractivity contribution in [3.05, 3.63) is 57.6 Å². The molecule has 0 aliphatic heterocycles. The third kappa shape index (κ3) is 6.43. The van der Waals surface area contributed by atoms with Crippen LogP contribution in [0.2, 0.25) is 5.02 Å². The van der Waals surface area contributed by atoms with E-state index in [0.29, 0.717) is 29.7 Å². The van der Waals surface area contributed by atoms with Gasteiger partial charge in [0.1, 0.15) is 23.8 Å². The number of nitro groups is 1. The van der Waals surface area contributed by atoms with Crippen molar-refractivity contribution in [2.45, 2.75) is 0 Å². The number of amides is 1. The molecule has 0 radical (unpaired) electrons. The van der Waals surface area contributed by atoms with Crippen LogP contribution in [-0.2, 0) is 4.79 Å². The molecule has 27 heavy (non-hydrogen) atoms. The van der Waals surface area contributed by atoms with Crippen molar-refractivity contribution in [2.75, 3.05) is 39.2 Å².